The van der Waals surface area contributed by atoms with E-state index < -0.39 is 18.3 Å². The summed E-state index contributed by atoms with van der Waals surface area (Å²) in [5.41, 5.74) is 3.53. The number of fused-ring (bicyclic) bond motifs is 9. The number of amides is 1. The number of hydrogen-bond donors (Lipinski definition) is 2. The molecule has 0 unspecified atom stereocenters. The molecule has 7 rings (SSSR count). The Labute approximate surface area is 215 Å². The summed E-state index contributed by atoms with van der Waals surface area (Å²) in [4.78, 5) is 23.6. The van der Waals surface area contributed by atoms with Gasteiger partial charge in [-0.15, -0.1) is 0 Å². The number of aromatic nitrogens is 4. The number of alkyl halides is 2. The zero-order valence-electron chi connectivity index (χ0n) is 20.3. The predicted molar refractivity (Wildman–Crippen MR) is 130 cm³/mol. The molecule has 11 heteroatoms. The second-order valence-electron chi connectivity index (χ2n) is 10.2. The minimum absolute atomic E-state index is 0.00344. The van der Waals surface area contributed by atoms with Crippen molar-refractivity contribution in [1.29, 1.82) is 0 Å². The number of rotatable bonds is 4. The second-order valence-corrected chi connectivity index (χ2v) is 10.2. The van der Waals surface area contributed by atoms with Crippen LogP contribution in [0.1, 0.15) is 64.2 Å². The van der Waals surface area contributed by atoms with Crippen molar-refractivity contribution >= 4 is 11.4 Å². The van der Waals surface area contributed by atoms with Crippen molar-refractivity contribution in [3.63, 3.8) is 0 Å². The van der Waals surface area contributed by atoms with E-state index in [2.05, 4.69) is 9.97 Å². The van der Waals surface area contributed by atoms with Crippen LogP contribution in [-0.4, -0.2) is 60.4 Å². The third-order valence-corrected chi connectivity index (χ3v) is 8.02. The van der Waals surface area contributed by atoms with Gasteiger partial charge >= 0.3 is 6.61 Å². The van der Waals surface area contributed by atoms with Crippen LogP contribution in [0.2, 0.25) is 0 Å². The number of aliphatic hydroxyl groups is 2. The maximum atomic E-state index is 13.3. The number of pyridine rings is 1. The molecular formula is C27H23F2N5O4. The lowest BCUT2D eigenvalue weighted by molar-refractivity contribution is -0.124. The number of hydrogen-bond acceptors (Lipinski definition) is 7. The Hall–Kier alpha value is -3.96. The van der Waals surface area contributed by atoms with Crippen LogP contribution in [-0.2, 0) is 5.60 Å². The van der Waals surface area contributed by atoms with E-state index in [1.54, 1.807) is 41.0 Å². The molecule has 2 atom stereocenters. The molecule has 9 nitrogen and oxygen atoms in total. The van der Waals surface area contributed by atoms with Gasteiger partial charge in [-0.25, -0.2) is 14.5 Å². The Morgan fingerprint density at radius 2 is 1.89 bits per heavy atom. The zero-order chi connectivity index (χ0) is 26.3. The summed E-state index contributed by atoms with van der Waals surface area (Å²) >= 11 is 0. The highest BCUT2D eigenvalue weighted by molar-refractivity contribution is 5.98. The summed E-state index contributed by atoms with van der Waals surface area (Å²) in [7, 11) is 1.71. The summed E-state index contributed by atoms with van der Waals surface area (Å²) in [5, 5.41) is 24.9. The molecule has 2 N–H and O–H groups in total. The van der Waals surface area contributed by atoms with E-state index in [9.17, 15) is 23.8 Å². The molecule has 4 aromatic rings. The number of benzene rings is 1. The van der Waals surface area contributed by atoms with Crippen molar-refractivity contribution in [3.8, 4) is 16.9 Å². The first-order chi connectivity index (χ1) is 18.2. The van der Waals surface area contributed by atoms with Crippen molar-refractivity contribution < 1.29 is 28.5 Å². The van der Waals surface area contributed by atoms with Crippen LogP contribution in [0.15, 0.2) is 48.9 Å². The summed E-state index contributed by atoms with van der Waals surface area (Å²) in [6, 6.07) is 8.19. The minimum atomic E-state index is -3.02. The lowest BCUT2D eigenvalue weighted by atomic mass is 9.77. The van der Waals surface area contributed by atoms with Gasteiger partial charge in [0.1, 0.15) is 11.4 Å². The number of nitrogens with zero attached hydrogens (tertiary/aromatic N) is 5. The fourth-order valence-corrected chi connectivity index (χ4v) is 6.16. The topological polar surface area (TPSA) is 113 Å². The van der Waals surface area contributed by atoms with Crippen LogP contribution in [0, 0.1) is 0 Å². The van der Waals surface area contributed by atoms with Crippen LogP contribution >= 0.6 is 0 Å². The molecule has 0 spiro atoms. The standard InChI is InChI=1S/C27H23F2N5O4/c1-33-19-8-17(21-16(24(33)36)3-2-4-20(21)38-26(28)29)22-18-7-13(5-6-34(18)32-23(19)22)14-11-30-25(31-12-14)27(37)9-15(35)10-27/h2-7,11-12,15,17,19,26,35,37H,8-10H2,1H3/t15?,17-,19-,27?/m1/s1. The van der Waals surface area contributed by atoms with Gasteiger partial charge in [0.05, 0.1) is 23.4 Å². The first kappa shape index (κ1) is 23.2. The van der Waals surface area contributed by atoms with E-state index >= 15 is 0 Å². The zero-order valence-corrected chi connectivity index (χ0v) is 20.3. The molecule has 1 saturated carbocycles. The maximum Gasteiger partial charge on any atom is 0.387 e. The van der Waals surface area contributed by atoms with Gasteiger partial charge in [-0.3, -0.25) is 4.79 Å². The quantitative estimate of drug-likeness (QED) is 0.425. The van der Waals surface area contributed by atoms with Crippen LogP contribution in [0.5, 0.6) is 5.75 Å². The molecule has 0 saturated heterocycles. The van der Waals surface area contributed by atoms with Crippen LogP contribution in [0.4, 0.5) is 8.78 Å². The smallest absolute Gasteiger partial charge is 0.387 e. The predicted octanol–water partition coefficient (Wildman–Crippen LogP) is 3.40. The average Bonchev–Trinajstić information content (AvgIpc) is 3.40. The van der Waals surface area contributed by atoms with Gasteiger partial charge in [0, 0.05) is 66.7 Å². The second kappa shape index (κ2) is 8.02. The van der Waals surface area contributed by atoms with E-state index in [0.717, 1.165) is 27.9 Å². The molecule has 2 bridgehead atoms. The number of aliphatic hydroxyl groups excluding tert-OH is 1. The molecule has 4 heterocycles. The summed E-state index contributed by atoms with van der Waals surface area (Å²) < 4.78 is 33.2. The van der Waals surface area contributed by atoms with Crippen molar-refractivity contribution in [2.75, 3.05) is 7.05 Å². The highest BCUT2D eigenvalue weighted by atomic mass is 19.3. The minimum Gasteiger partial charge on any atom is -0.434 e. The highest BCUT2D eigenvalue weighted by Gasteiger charge is 2.47. The van der Waals surface area contributed by atoms with Crippen molar-refractivity contribution in [2.45, 2.75) is 49.5 Å². The molecule has 0 radical (unpaired) electrons. The highest BCUT2D eigenvalue weighted by Crippen LogP contribution is 2.53. The molecule has 1 aromatic carbocycles. The van der Waals surface area contributed by atoms with Crippen LogP contribution < -0.4 is 4.74 Å². The molecule has 1 aliphatic heterocycles. The fourth-order valence-electron chi connectivity index (χ4n) is 6.16. The maximum absolute atomic E-state index is 13.3. The van der Waals surface area contributed by atoms with Gasteiger partial charge < -0.3 is 19.8 Å². The van der Waals surface area contributed by atoms with Gasteiger partial charge in [-0.05, 0) is 36.2 Å². The van der Waals surface area contributed by atoms with Crippen LogP contribution in [0.25, 0.3) is 16.6 Å². The third-order valence-electron chi connectivity index (χ3n) is 8.02. The van der Waals surface area contributed by atoms with Crippen LogP contribution in [0.3, 0.4) is 0 Å². The number of halogens is 2. The SMILES string of the molecule is CN1C(=O)c2cccc(OC(F)F)c2[C@H]2C[C@@H]1c1nn3ccc(-c4cnc(C5(O)CC(O)C5)nc4)cc3c12. The Bertz CT molecular complexity index is 1600. The van der Waals surface area contributed by atoms with Gasteiger partial charge in [-0.1, -0.05) is 6.07 Å². The van der Waals surface area contributed by atoms with Gasteiger partial charge in [-0.2, -0.15) is 13.9 Å². The Morgan fingerprint density at radius 1 is 1.13 bits per heavy atom. The molecule has 194 valence electrons. The monoisotopic (exact) mass is 519 g/mol. The molecule has 1 fully saturated rings. The molecule has 38 heavy (non-hydrogen) atoms. The number of ether oxygens (including phenoxy) is 1. The van der Waals surface area contributed by atoms with Crippen molar-refractivity contribution in [1.82, 2.24) is 24.5 Å². The largest absolute Gasteiger partial charge is 0.434 e. The molecule has 3 aliphatic rings. The van der Waals surface area contributed by atoms with E-state index in [1.807, 2.05) is 18.3 Å². The Balaban J connectivity index is 1.34. The first-order valence-electron chi connectivity index (χ1n) is 12.3. The normalized spacial score (nSPS) is 25.8. The van der Waals surface area contributed by atoms with Crippen molar-refractivity contribution in [3.05, 3.63) is 77.1 Å². The Morgan fingerprint density at radius 3 is 2.61 bits per heavy atom. The lowest BCUT2D eigenvalue weighted by Gasteiger charge is -2.39. The third kappa shape index (κ3) is 3.28. The molecule has 1 amide bonds. The van der Waals surface area contributed by atoms with E-state index in [-0.39, 0.29) is 42.3 Å². The summed E-state index contributed by atoms with van der Waals surface area (Å²) in [6.45, 7) is -3.02. The number of carbonyl (C=O) groups is 1. The molecule has 3 aromatic heterocycles. The fraction of sp³-hybridized carbons (Fsp3) is 0.333. The number of carbonyl (C=O) groups excluding carboxylic acids is 1. The van der Waals surface area contributed by atoms with Gasteiger partial charge in [0.2, 0.25) is 0 Å². The summed E-state index contributed by atoms with van der Waals surface area (Å²) in [6.07, 6.45) is 5.45. The molecule has 2 aliphatic carbocycles. The van der Waals surface area contributed by atoms with Gasteiger partial charge in [0.25, 0.3) is 5.91 Å². The first-order valence-corrected chi connectivity index (χ1v) is 12.3. The Kier molecular flexibility index (Phi) is 4.89. The van der Waals surface area contributed by atoms with E-state index in [4.69, 9.17) is 9.84 Å². The van der Waals surface area contributed by atoms with Gasteiger partial charge in [0.15, 0.2) is 5.82 Å². The van der Waals surface area contributed by atoms with E-state index in [1.165, 1.54) is 6.07 Å². The van der Waals surface area contributed by atoms with Crippen molar-refractivity contribution in [2.24, 2.45) is 0 Å². The summed E-state index contributed by atoms with van der Waals surface area (Å²) in [5.74, 6) is -0.344. The lowest BCUT2D eigenvalue weighted by Crippen LogP contribution is -2.45. The van der Waals surface area contributed by atoms with E-state index in [0.29, 0.717) is 17.5 Å². The average molecular weight is 520 g/mol. The molecular weight excluding hydrogens is 496 g/mol.